The van der Waals surface area contributed by atoms with Gasteiger partial charge in [-0.15, -0.1) is 0 Å². The number of aromatic nitrogens is 2. The minimum absolute atomic E-state index is 0.532. The Bertz CT molecular complexity index is 332. The first-order valence-corrected chi connectivity index (χ1v) is 4.34. The molecule has 2 rings (SSSR count). The quantitative estimate of drug-likeness (QED) is 0.651. The van der Waals surface area contributed by atoms with Crippen molar-refractivity contribution in [2.75, 3.05) is 18.8 Å². The van der Waals surface area contributed by atoms with Crippen LogP contribution in [0.3, 0.4) is 0 Å². The zero-order valence-corrected chi connectivity index (χ0v) is 7.33. The molecule has 0 bridgehead atoms. The van der Waals surface area contributed by atoms with Crippen LogP contribution in [0.15, 0.2) is 18.5 Å². The van der Waals surface area contributed by atoms with Gasteiger partial charge in [0.15, 0.2) is 0 Å². The van der Waals surface area contributed by atoms with Crippen molar-refractivity contribution < 1.29 is 0 Å². The van der Waals surface area contributed by atoms with E-state index in [1.807, 2.05) is 6.07 Å². The molecule has 2 heterocycles. The largest absolute Gasteiger partial charge is 0.384 e. The van der Waals surface area contributed by atoms with Crippen molar-refractivity contribution in [3.05, 3.63) is 24.2 Å². The molecule has 0 aliphatic carbocycles. The maximum absolute atomic E-state index is 5.57. The SMILES string of the molecule is Nc1cc(C2=CCNCC2)ncn1. The van der Waals surface area contributed by atoms with Gasteiger partial charge in [0.2, 0.25) is 0 Å². The van der Waals surface area contributed by atoms with Gasteiger partial charge < -0.3 is 11.1 Å². The van der Waals surface area contributed by atoms with E-state index in [2.05, 4.69) is 21.4 Å². The van der Waals surface area contributed by atoms with Crippen LogP contribution in [0.2, 0.25) is 0 Å². The Morgan fingerprint density at radius 2 is 2.31 bits per heavy atom. The molecule has 1 aliphatic rings. The zero-order valence-electron chi connectivity index (χ0n) is 7.33. The maximum Gasteiger partial charge on any atom is 0.127 e. The van der Waals surface area contributed by atoms with Crippen LogP contribution in [-0.2, 0) is 0 Å². The third kappa shape index (κ3) is 1.84. The number of hydrogen-bond acceptors (Lipinski definition) is 4. The zero-order chi connectivity index (χ0) is 9.10. The number of nitrogens with two attached hydrogens (primary N) is 1. The molecule has 0 saturated heterocycles. The van der Waals surface area contributed by atoms with Gasteiger partial charge in [0, 0.05) is 12.6 Å². The van der Waals surface area contributed by atoms with Gasteiger partial charge in [-0.25, -0.2) is 9.97 Å². The van der Waals surface area contributed by atoms with Crippen molar-refractivity contribution in [2.45, 2.75) is 6.42 Å². The molecule has 0 fully saturated rings. The first-order chi connectivity index (χ1) is 6.36. The molecule has 68 valence electrons. The molecule has 0 atom stereocenters. The monoisotopic (exact) mass is 176 g/mol. The van der Waals surface area contributed by atoms with Crippen molar-refractivity contribution in [1.82, 2.24) is 15.3 Å². The fraction of sp³-hybridized carbons (Fsp3) is 0.333. The number of anilines is 1. The number of rotatable bonds is 1. The standard InChI is InChI=1S/C9H12N4/c10-9-5-8(12-6-13-9)7-1-3-11-4-2-7/h1,5-6,11H,2-4H2,(H2,10,12,13). The lowest BCUT2D eigenvalue weighted by Gasteiger charge is -2.13. The molecule has 0 radical (unpaired) electrons. The van der Waals surface area contributed by atoms with Gasteiger partial charge in [-0.2, -0.15) is 0 Å². The van der Waals surface area contributed by atoms with Gasteiger partial charge in [-0.05, 0) is 18.5 Å². The topological polar surface area (TPSA) is 63.8 Å². The van der Waals surface area contributed by atoms with E-state index in [0.717, 1.165) is 25.2 Å². The van der Waals surface area contributed by atoms with E-state index in [4.69, 9.17) is 5.73 Å². The van der Waals surface area contributed by atoms with Crippen LogP contribution < -0.4 is 11.1 Å². The van der Waals surface area contributed by atoms with Gasteiger partial charge in [-0.1, -0.05) is 6.08 Å². The summed E-state index contributed by atoms with van der Waals surface area (Å²) < 4.78 is 0. The molecule has 4 nitrogen and oxygen atoms in total. The Labute approximate surface area is 76.9 Å². The predicted molar refractivity (Wildman–Crippen MR) is 51.9 cm³/mol. The Morgan fingerprint density at radius 1 is 1.38 bits per heavy atom. The van der Waals surface area contributed by atoms with Gasteiger partial charge in [0.25, 0.3) is 0 Å². The molecular weight excluding hydrogens is 164 g/mol. The Kier molecular flexibility index (Phi) is 2.23. The summed E-state index contributed by atoms with van der Waals surface area (Å²) in [7, 11) is 0. The molecule has 0 unspecified atom stereocenters. The van der Waals surface area contributed by atoms with Crippen molar-refractivity contribution in [1.29, 1.82) is 0 Å². The molecule has 1 aliphatic heterocycles. The van der Waals surface area contributed by atoms with E-state index in [-0.39, 0.29) is 0 Å². The van der Waals surface area contributed by atoms with Crippen LogP contribution in [0.25, 0.3) is 5.57 Å². The summed E-state index contributed by atoms with van der Waals surface area (Å²) in [6, 6.07) is 1.82. The molecule has 0 spiro atoms. The highest BCUT2D eigenvalue weighted by Crippen LogP contribution is 2.17. The fourth-order valence-electron chi connectivity index (χ4n) is 1.40. The van der Waals surface area contributed by atoms with Gasteiger partial charge in [0.1, 0.15) is 12.1 Å². The lowest BCUT2D eigenvalue weighted by Crippen LogP contribution is -2.20. The van der Waals surface area contributed by atoms with E-state index in [1.54, 1.807) is 0 Å². The summed E-state index contributed by atoms with van der Waals surface area (Å²) in [5, 5.41) is 3.25. The van der Waals surface area contributed by atoms with E-state index in [9.17, 15) is 0 Å². The molecule has 0 aromatic carbocycles. The van der Waals surface area contributed by atoms with E-state index < -0.39 is 0 Å². The van der Waals surface area contributed by atoms with Gasteiger partial charge in [0.05, 0.1) is 5.69 Å². The number of hydrogen-bond donors (Lipinski definition) is 2. The highest BCUT2D eigenvalue weighted by Gasteiger charge is 2.06. The minimum Gasteiger partial charge on any atom is -0.384 e. The van der Waals surface area contributed by atoms with Gasteiger partial charge in [-0.3, -0.25) is 0 Å². The molecule has 4 heteroatoms. The minimum atomic E-state index is 0.532. The molecule has 3 N–H and O–H groups in total. The average molecular weight is 176 g/mol. The number of nitrogens with one attached hydrogen (secondary N) is 1. The lowest BCUT2D eigenvalue weighted by molar-refractivity contribution is 0.736. The highest BCUT2D eigenvalue weighted by molar-refractivity contribution is 5.64. The second-order valence-electron chi connectivity index (χ2n) is 3.01. The van der Waals surface area contributed by atoms with Crippen LogP contribution in [0.5, 0.6) is 0 Å². The van der Waals surface area contributed by atoms with Crippen molar-refractivity contribution in [2.24, 2.45) is 0 Å². The summed E-state index contributed by atoms with van der Waals surface area (Å²) in [6.45, 7) is 1.93. The molecule has 1 aromatic heterocycles. The summed E-state index contributed by atoms with van der Waals surface area (Å²) in [6.07, 6.45) is 4.66. The first kappa shape index (κ1) is 8.19. The highest BCUT2D eigenvalue weighted by atomic mass is 14.9. The normalized spacial score (nSPS) is 16.8. The van der Waals surface area contributed by atoms with Crippen LogP contribution in [0.4, 0.5) is 5.82 Å². The third-order valence-electron chi connectivity index (χ3n) is 2.08. The van der Waals surface area contributed by atoms with Crippen LogP contribution in [-0.4, -0.2) is 23.1 Å². The molecular formula is C9H12N4. The van der Waals surface area contributed by atoms with Crippen LogP contribution in [0, 0.1) is 0 Å². The Morgan fingerprint density at radius 3 is 3.00 bits per heavy atom. The molecule has 1 aromatic rings. The van der Waals surface area contributed by atoms with E-state index in [0.29, 0.717) is 5.82 Å². The summed E-state index contributed by atoms with van der Waals surface area (Å²) in [5.41, 5.74) is 7.78. The summed E-state index contributed by atoms with van der Waals surface area (Å²) >= 11 is 0. The average Bonchev–Trinajstić information content (AvgIpc) is 2.19. The maximum atomic E-state index is 5.57. The summed E-state index contributed by atoms with van der Waals surface area (Å²) in [5.74, 6) is 0.532. The fourth-order valence-corrected chi connectivity index (χ4v) is 1.40. The predicted octanol–water partition coefficient (Wildman–Crippen LogP) is 0.436. The second-order valence-corrected chi connectivity index (χ2v) is 3.01. The Hall–Kier alpha value is -1.42. The van der Waals surface area contributed by atoms with Crippen LogP contribution in [0.1, 0.15) is 12.1 Å². The molecule has 0 amide bonds. The third-order valence-corrected chi connectivity index (χ3v) is 2.08. The lowest BCUT2D eigenvalue weighted by atomic mass is 10.1. The number of nitrogens with zero attached hydrogens (tertiary/aromatic N) is 2. The number of nitrogen functional groups attached to an aromatic ring is 1. The van der Waals surface area contributed by atoms with Crippen LogP contribution >= 0.6 is 0 Å². The smallest absolute Gasteiger partial charge is 0.127 e. The van der Waals surface area contributed by atoms with E-state index in [1.165, 1.54) is 11.9 Å². The first-order valence-electron chi connectivity index (χ1n) is 4.34. The van der Waals surface area contributed by atoms with Gasteiger partial charge >= 0.3 is 0 Å². The van der Waals surface area contributed by atoms with E-state index >= 15 is 0 Å². The second kappa shape index (κ2) is 3.53. The molecule has 13 heavy (non-hydrogen) atoms. The van der Waals surface area contributed by atoms with Crippen molar-refractivity contribution in [3.63, 3.8) is 0 Å². The Balaban J connectivity index is 2.29. The molecule has 0 saturated carbocycles. The summed E-state index contributed by atoms with van der Waals surface area (Å²) in [4.78, 5) is 8.03. The van der Waals surface area contributed by atoms with Crippen molar-refractivity contribution >= 4 is 11.4 Å². The van der Waals surface area contributed by atoms with Crippen molar-refractivity contribution in [3.8, 4) is 0 Å².